The summed E-state index contributed by atoms with van der Waals surface area (Å²) in [6, 6.07) is 11.9. The van der Waals surface area contributed by atoms with E-state index in [1.807, 2.05) is 19.9 Å². The molecule has 1 atom stereocenters. The maximum absolute atomic E-state index is 12.5. The first-order chi connectivity index (χ1) is 12.4. The van der Waals surface area contributed by atoms with Crippen LogP contribution in [-0.4, -0.2) is 28.1 Å². The van der Waals surface area contributed by atoms with Gasteiger partial charge in [-0.1, -0.05) is 30.3 Å². The molecule has 0 fully saturated rings. The summed E-state index contributed by atoms with van der Waals surface area (Å²) >= 11 is 0. The number of esters is 1. The van der Waals surface area contributed by atoms with Crippen molar-refractivity contribution in [1.82, 2.24) is 10.2 Å². The number of rotatable bonds is 4. The minimum absolute atomic E-state index is 0.0278. The summed E-state index contributed by atoms with van der Waals surface area (Å²) in [6.07, 6.45) is -0.975. The van der Waals surface area contributed by atoms with Gasteiger partial charge in [0.2, 0.25) is 5.78 Å². The van der Waals surface area contributed by atoms with Crippen molar-refractivity contribution in [1.29, 1.82) is 0 Å². The second kappa shape index (κ2) is 6.92. The van der Waals surface area contributed by atoms with E-state index in [0.29, 0.717) is 16.3 Å². The van der Waals surface area contributed by atoms with Gasteiger partial charge < -0.3 is 4.74 Å². The van der Waals surface area contributed by atoms with Crippen molar-refractivity contribution in [2.45, 2.75) is 26.9 Å². The molecular formula is C20H18N2O4. The lowest BCUT2D eigenvalue weighted by molar-refractivity contribution is 0.0314. The highest BCUT2D eigenvalue weighted by molar-refractivity contribution is 6.05. The second-order valence-corrected chi connectivity index (χ2v) is 6.16. The average Bonchev–Trinajstić information content (AvgIpc) is 2.63. The van der Waals surface area contributed by atoms with Crippen LogP contribution in [0.25, 0.3) is 10.8 Å². The van der Waals surface area contributed by atoms with Crippen LogP contribution < -0.4 is 5.56 Å². The molecule has 1 heterocycles. The largest absolute Gasteiger partial charge is 0.449 e. The number of aryl methyl sites for hydroxylation is 2. The normalized spacial score (nSPS) is 12.0. The quantitative estimate of drug-likeness (QED) is 0.577. The first-order valence-electron chi connectivity index (χ1n) is 8.18. The van der Waals surface area contributed by atoms with Crippen LogP contribution in [0.1, 0.15) is 38.9 Å². The number of carbonyl (C=O) groups excluding carboxylic acids is 2. The van der Waals surface area contributed by atoms with Gasteiger partial charge in [0.15, 0.2) is 11.8 Å². The molecule has 0 spiro atoms. The summed E-state index contributed by atoms with van der Waals surface area (Å²) in [4.78, 5) is 36.8. The Morgan fingerprint density at radius 2 is 1.73 bits per heavy atom. The van der Waals surface area contributed by atoms with Crippen LogP contribution in [0.4, 0.5) is 0 Å². The summed E-state index contributed by atoms with van der Waals surface area (Å²) in [5.74, 6) is -1.06. The Bertz CT molecular complexity index is 1070. The number of H-pyrrole nitrogens is 1. The smallest absolute Gasteiger partial charge is 0.360 e. The average molecular weight is 350 g/mol. The molecular weight excluding hydrogens is 332 g/mol. The summed E-state index contributed by atoms with van der Waals surface area (Å²) in [5, 5.41) is 6.79. The van der Waals surface area contributed by atoms with E-state index in [1.165, 1.54) is 6.92 Å². The number of nitrogens with one attached hydrogen (secondary N) is 1. The monoisotopic (exact) mass is 350 g/mol. The third kappa shape index (κ3) is 3.26. The molecule has 2 aromatic carbocycles. The Morgan fingerprint density at radius 3 is 2.42 bits per heavy atom. The molecule has 0 aliphatic carbocycles. The fourth-order valence-corrected chi connectivity index (χ4v) is 2.67. The van der Waals surface area contributed by atoms with Crippen LogP contribution in [0, 0.1) is 13.8 Å². The van der Waals surface area contributed by atoms with E-state index in [0.717, 1.165) is 11.1 Å². The number of ether oxygens (including phenoxy) is 1. The first kappa shape index (κ1) is 17.5. The van der Waals surface area contributed by atoms with Gasteiger partial charge >= 0.3 is 5.97 Å². The van der Waals surface area contributed by atoms with Gasteiger partial charge in [-0.3, -0.25) is 9.59 Å². The van der Waals surface area contributed by atoms with Gasteiger partial charge in [0.1, 0.15) is 0 Å². The van der Waals surface area contributed by atoms with Crippen molar-refractivity contribution in [3.63, 3.8) is 0 Å². The number of aromatic nitrogens is 2. The summed E-state index contributed by atoms with van der Waals surface area (Å²) < 4.78 is 5.30. The molecule has 6 nitrogen and oxygen atoms in total. The van der Waals surface area contributed by atoms with E-state index in [1.54, 1.807) is 36.4 Å². The van der Waals surface area contributed by atoms with Crippen LogP contribution in [0.15, 0.2) is 47.3 Å². The van der Waals surface area contributed by atoms with Gasteiger partial charge in [-0.15, -0.1) is 0 Å². The number of hydrogen-bond donors (Lipinski definition) is 1. The SMILES string of the molecule is Cc1ccc(C(=O)[C@@H](C)OC(=O)c2n[nH]c(=O)c3ccccc23)cc1C. The molecule has 0 unspecified atom stereocenters. The van der Waals surface area contributed by atoms with Crippen LogP contribution >= 0.6 is 0 Å². The fraction of sp³-hybridized carbons (Fsp3) is 0.200. The molecule has 0 saturated carbocycles. The number of hydrogen-bond acceptors (Lipinski definition) is 5. The van der Waals surface area contributed by atoms with Gasteiger partial charge in [-0.25, -0.2) is 9.89 Å². The number of Topliss-reactive ketones (excluding diaryl/α,β-unsaturated/α-hetero) is 1. The van der Waals surface area contributed by atoms with E-state index in [4.69, 9.17) is 4.74 Å². The summed E-state index contributed by atoms with van der Waals surface area (Å²) in [7, 11) is 0. The third-order valence-corrected chi connectivity index (χ3v) is 4.33. The standard InChI is InChI=1S/C20H18N2O4/c1-11-8-9-14(10-12(11)2)18(23)13(3)26-20(25)17-15-6-4-5-7-16(15)19(24)22-21-17/h4-10,13H,1-3H3,(H,22,24)/t13-/m1/s1. The second-order valence-electron chi connectivity index (χ2n) is 6.16. The summed E-state index contributed by atoms with van der Waals surface area (Å²) in [6.45, 7) is 5.39. The summed E-state index contributed by atoms with van der Waals surface area (Å²) in [5.41, 5.74) is 2.13. The molecule has 0 aliphatic heterocycles. The zero-order valence-corrected chi connectivity index (χ0v) is 14.7. The van der Waals surface area contributed by atoms with E-state index < -0.39 is 17.6 Å². The molecule has 0 amide bonds. The van der Waals surface area contributed by atoms with Gasteiger partial charge in [-0.2, -0.15) is 5.10 Å². The van der Waals surface area contributed by atoms with Crippen molar-refractivity contribution in [2.24, 2.45) is 0 Å². The molecule has 0 saturated heterocycles. The minimum Gasteiger partial charge on any atom is -0.449 e. The molecule has 3 rings (SSSR count). The molecule has 0 bridgehead atoms. The van der Waals surface area contributed by atoms with Crippen molar-refractivity contribution in [3.8, 4) is 0 Å². The number of fused-ring (bicyclic) bond motifs is 1. The van der Waals surface area contributed by atoms with Gasteiger partial charge in [0, 0.05) is 10.9 Å². The van der Waals surface area contributed by atoms with E-state index in [2.05, 4.69) is 10.2 Å². The minimum atomic E-state index is -0.975. The van der Waals surface area contributed by atoms with Gasteiger partial charge in [0.05, 0.1) is 5.39 Å². The number of carbonyl (C=O) groups is 2. The van der Waals surface area contributed by atoms with Crippen LogP contribution in [0.2, 0.25) is 0 Å². The molecule has 1 aromatic heterocycles. The highest BCUT2D eigenvalue weighted by Crippen LogP contribution is 2.16. The topological polar surface area (TPSA) is 89.1 Å². The maximum Gasteiger partial charge on any atom is 0.360 e. The number of aromatic amines is 1. The van der Waals surface area contributed by atoms with Crippen LogP contribution in [0.3, 0.4) is 0 Å². The highest BCUT2D eigenvalue weighted by atomic mass is 16.5. The molecule has 26 heavy (non-hydrogen) atoms. The highest BCUT2D eigenvalue weighted by Gasteiger charge is 2.23. The predicted octanol–water partition coefficient (Wildman–Crippen LogP) is 2.97. The first-order valence-corrected chi connectivity index (χ1v) is 8.18. The van der Waals surface area contributed by atoms with Crippen LogP contribution in [-0.2, 0) is 4.74 Å². The van der Waals surface area contributed by atoms with E-state index >= 15 is 0 Å². The van der Waals surface area contributed by atoms with Crippen molar-refractivity contribution in [3.05, 3.63) is 75.2 Å². The Morgan fingerprint density at radius 1 is 1.04 bits per heavy atom. The fourth-order valence-electron chi connectivity index (χ4n) is 2.67. The Balaban J connectivity index is 1.86. The number of benzene rings is 2. The molecule has 0 aliphatic rings. The third-order valence-electron chi connectivity index (χ3n) is 4.33. The molecule has 3 aromatic rings. The van der Waals surface area contributed by atoms with E-state index in [9.17, 15) is 14.4 Å². The Hall–Kier alpha value is -3.28. The van der Waals surface area contributed by atoms with Crippen molar-refractivity contribution >= 4 is 22.5 Å². The lowest BCUT2D eigenvalue weighted by atomic mass is 10.0. The van der Waals surface area contributed by atoms with Crippen LogP contribution in [0.5, 0.6) is 0 Å². The number of nitrogens with zero attached hydrogens (tertiary/aromatic N) is 1. The van der Waals surface area contributed by atoms with Crippen molar-refractivity contribution in [2.75, 3.05) is 0 Å². The maximum atomic E-state index is 12.5. The molecule has 132 valence electrons. The molecule has 1 N–H and O–H groups in total. The Kier molecular flexibility index (Phi) is 4.67. The lowest BCUT2D eigenvalue weighted by Crippen LogP contribution is -2.26. The number of ketones is 1. The Labute approximate surface area is 149 Å². The van der Waals surface area contributed by atoms with Gasteiger partial charge in [0.25, 0.3) is 5.56 Å². The van der Waals surface area contributed by atoms with Gasteiger partial charge in [-0.05, 0) is 44.0 Å². The zero-order chi connectivity index (χ0) is 18.8. The lowest BCUT2D eigenvalue weighted by Gasteiger charge is -2.13. The zero-order valence-electron chi connectivity index (χ0n) is 14.7. The molecule has 0 radical (unpaired) electrons. The molecule has 6 heteroatoms. The van der Waals surface area contributed by atoms with Crippen molar-refractivity contribution < 1.29 is 14.3 Å². The van der Waals surface area contributed by atoms with E-state index in [-0.39, 0.29) is 11.5 Å². The predicted molar refractivity (Wildman–Crippen MR) is 97.5 cm³/mol.